The number of halogens is 2. The van der Waals surface area contributed by atoms with Gasteiger partial charge in [0.25, 0.3) is 5.91 Å². The Kier molecular flexibility index (Phi) is 6.84. The predicted octanol–water partition coefficient (Wildman–Crippen LogP) is 3.88. The topological polar surface area (TPSA) is 94.7 Å². The van der Waals surface area contributed by atoms with Crippen LogP contribution in [0.25, 0.3) is 0 Å². The maximum Gasteiger partial charge on any atom is 0.277 e. The highest BCUT2D eigenvalue weighted by molar-refractivity contribution is 6.36. The largest absolute Gasteiger partial charge is 0.506 e. The van der Waals surface area contributed by atoms with Crippen LogP contribution in [-0.4, -0.2) is 23.3 Å². The van der Waals surface area contributed by atoms with Crippen LogP contribution in [0.15, 0.2) is 41.5 Å². The van der Waals surface area contributed by atoms with Crippen LogP contribution in [0.4, 0.5) is 0 Å². The van der Waals surface area contributed by atoms with Gasteiger partial charge >= 0.3 is 0 Å². The van der Waals surface area contributed by atoms with Gasteiger partial charge in [-0.05, 0) is 42.8 Å². The number of aromatic hydroxyl groups is 1. The summed E-state index contributed by atoms with van der Waals surface area (Å²) >= 11 is 11.9. The lowest BCUT2D eigenvalue weighted by atomic mass is 10.1. The second-order valence-electron chi connectivity index (χ2n) is 5.16. The molecule has 0 spiro atoms. The summed E-state index contributed by atoms with van der Waals surface area (Å²) in [5.41, 5.74) is 3.63. The van der Waals surface area contributed by atoms with E-state index in [1.807, 2.05) is 13.0 Å². The molecule has 0 atom stereocenters. The number of hydrogen-bond acceptors (Lipinski definition) is 5. The number of hydrazone groups is 1. The number of phenols is 1. The highest BCUT2D eigenvalue weighted by Gasteiger charge is 2.13. The van der Waals surface area contributed by atoms with E-state index in [-0.39, 0.29) is 17.4 Å². The van der Waals surface area contributed by atoms with E-state index in [1.165, 1.54) is 12.1 Å². The second kappa shape index (κ2) is 9.09. The van der Waals surface area contributed by atoms with Crippen LogP contribution in [0.1, 0.15) is 24.5 Å². The zero-order valence-corrected chi connectivity index (χ0v) is 15.3. The van der Waals surface area contributed by atoms with Crippen LogP contribution >= 0.6 is 23.2 Å². The zero-order valence-electron chi connectivity index (χ0n) is 13.8. The molecule has 0 fully saturated rings. The van der Waals surface area contributed by atoms with Crippen LogP contribution in [0.5, 0.6) is 11.5 Å². The molecule has 0 heterocycles. The van der Waals surface area contributed by atoms with Gasteiger partial charge in [-0.15, -0.1) is 0 Å². The summed E-state index contributed by atoms with van der Waals surface area (Å²) in [6.45, 7) is 1.56. The number of ether oxygens (including phenoxy) is 1. The summed E-state index contributed by atoms with van der Waals surface area (Å²) in [6.07, 6.45) is 0.432. The van der Waals surface area contributed by atoms with Crippen molar-refractivity contribution in [3.63, 3.8) is 0 Å². The van der Waals surface area contributed by atoms with Crippen LogP contribution in [0.2, 0.25) is 10.0 Å². The molecule has 6 nitrogen and oxygen atoms in total. The normalized spacial score (nSPS) is 10.9. The Hall–Kier alpha value is -2.75. The fraction of sp³-hybridized carbons (Fsp3) is 0.167. The number of phenolic OH excluding ortho intramolecular Hbond substituents is 1. The van der Waals surface area contributed by atoms with Crippen molar-refractivity contribution in [2.75, 3.05) is 6.61 Å². The highest BCUT2D eigenvalue weighted by atomic mass is 35.5. The molecule has 26 heavy (non-hydrogen) atoms. The summed E-state index contributed by atoms with van der Waals surface area (Å²) in [7, 11) is 0. The summed E-state index contributed by atoms with van der Waals surface area (Å²) in [6, 6.07) is 11.3. The van der Waals surface area contributed by atoms with Gasteiger partial charge in [-0.1, -0.05) is 30.1 Å². The minimum Gasteiger partial charge on any atom is -0.506 e. The molecule has 0 bridgehead atoms. The van der Waals surface area contributed by atoms with Crippen molar-refractivity contribution in [2.24, 2.45) is 5.10 Å². The molecule has 8 heteroatoms. The Morgan fingerprint density at radius 3 is 2.62 bits per heavy atom. The number of carbonyl (C=O) groups is 1. The quantitative estimate of drug-likeness (QED) is 0.576. The molecule has 2 N–H and O–H groups in total. The first-order chi connectivity index (χ1) is 12.4. The van der Waals surface area contributed by atoms with Crippen LogP contribution < -0.4 is 10.2 Å². The summed E-state index contributed by atoms with van der Waals surface area (Å²) < 4.78 is 5.32. The second-order valence-corrected chi connectivity index (χ2v) is 6.00. The Labute approximate surface area is 160 Å². The molecule has 0 aliphatic rings. The van der Waals surface area contributed by atoms with E-state index >= 15 is 0 Å². The monoisotopic (exact) mass is 391 g/mol. The third-order valence-corrected chi connectivity index (χ3v) is 3.85. The van der Waals surface area contributed by atoms with E-state index in [0.29, 0.717) is 34.0 Å². The molecule has 2 rings (SSSR count). The number of nitrogens with zero attached hydrogens (tertiary/aromatic N) is 2. The summed E-state index contributed by atoms with van der Waals surface area (Å²) in [4.78, 5) is 11.9. The number of benzene rings is 2. The third kappa shape index (κ3) is 5.12. The van der Waals surface area contributed by atoms with Gasteiger partial charge in [0.15, 0.2) is 6.61 Å². The van der Waals surface area contributed by atoms with E-state index < -0.39 is 5.91 Å². The van der Waals surface area contributed by atoms with Crippen molar-refractivity contribution in [3.05, 3.63) is 57.6 Å². The Morgan fingerprint density at radius 2 is 2.00 bits per heavy atom. The minimum absolute atomic E-state index is 0.101. The zero-order chi connectivity index (χ0) is 19.1. The Morgan fingerprint density at radius 1 is 1.31 bits per heavy atom. The summed E-state index contributed by atoms with van der Waals surface area (Å²) in [5.74, 6) is -0.175. The van der Waals surface area contributed by atoms with Gasteiger partial charge in [0.2, 0.25) is 0 Å². The number of carbonyl (C=O) groups excluding carboxylic acids is 1. The van der Waals surface area contributed by atoms with Gasteiger partial charge in [-0.25, -0.2) is 5.43 Å². The van der Waals surface area contributed by atoms with Gasteiger partial charge in [0.1, 0.15) is 11.5 Å². The number of nitrogens with one attached hydrogen (secondary N) is 1. The average Bonchev–Trinajstić information content (AvgIpc) is 2.64. The molecular weight excluding hydrogens is 377 g/mol. The lowest BCUT2D eigenvalue weighted by Gasteiger charge is -2.10. The van der Waals surface area contributed by atoms with E-state index in [1.54, 1.807) is 24.3 Å². The Balaban J connectivity index is 2.02. The molecular formula is C18H15Cl2N3O3. The van der Waals surface area contributed by atoms with E-state index in [2.05, 4.69) is 10.5 Å². The lowest BCUT2D eigenvalue weighted by Crippen LogP contribution is -2.26. The first-order valence-corrected chi connectivity index (χ1v) is 8.37. The Bertz CT molecular complexity index is 874. The molecule has 0 aliphatic heterocycles. The molecule has 0 aliphatic carbocycles. The molecule has 134 valence electrons. The third-order valence-electron chi connectivity index (χ3n) is 3.34. The van der Waals surface area contributed by atoms with Gasteiger partial charge < -0.3 is 9.84 Å². The number of nitriles is 1. The molecule has 0 radical (unpaired) electrons. The highest BCUT2D eigenvalue weighted by Crippen LogP contribution is 2.32. The molecule has 1 amide bonds. The van der Waals surface area contributed by atoms with Crippen molar-refractivity contribution in [1.29, 1.82) is 5.26 Å². The standard InChI is InChI=1S/C18H15Cl2N3O3/c1-2-16(14-7-12(19)8-15(20)18(14)25)22-23-17(24)10-26-13-5-3-11(9-21)4-6-13/h3-8,25H,2,10H2,1H3,(H,23,24)/b22-16+. The van der Waals surface area contributed by atoms with Crippen LogP contribution in [-0.2, 0) is 4.79 Å². The average molecular weight is 392 g/mol. The van der Waals surface area contributed by atoms with Gasteiger partial charge in [-0.3, -0.25) is 4.79 Å². The number of rotatable bonds is 6. The van der Waals surface area contributed by atoms with Crippen molar-refractivity contribution in [3.8, 4) is 17.6 Å². The van der Waals surface area contributed by atoms with E-state index in [4.69, 9.17) is 33.2 Å². The molecule has 0 saturated carbocycles. The molecule has 2 aromatic carbocycles. The van der Waals surface area contributed by atoms with Crippen molar-refractivity contribution < 1.29 is 14.6 Å². The molecule has 0 saturated heterocycles. The van der Waals surface area contributed by atoms with Gasteiger partial charge in [0.05, 0.1) is 22.4 Å². The van der Waals surface area contributed by atoms with Crippen molar-refractivity contribution in [1.82, 2.24) is 5.43 Å². The van der Waals surface area contributed by atoms with Crippen molar-refractivity contribution in [2.45, 2.75) is 13.3 Å². The van der Waals surface area contributed by atoms with Gasteiger partial charge in [-0.2, -0.15) is 10.4 Å². The molecule has 0 aromatic heterocycles. The molecule has 2 aromatic rings. The smallest absolute Gasteiger partial charge is 0.277 e. The van der Waals surface area contributed by atoms with Gasteiger partial charge in [0, 0.05) is 10.6 Å². The number of amides is 1. The fourth-order valence-electron chi connectivity index (χ4n) is 2.05. The lowest BCUT2D eigenvalue weighted by molar-refractivity contribution is -0.123. The SMILES string of the molecule is CC/C(=N\NC(=O)COc1ccc(C#N)cc1)c1cc(Cl)cc(Cl)c1O. The first-order valence-electron chi connectivity index (χ1n) is 7.61. The maximum absolute atomic E-state index is 11.9. The number of hydrogen-bond donors (Lipinski definition) is 2. The summed E-state index contributed by atoms with van der Waals surface area (Å²) in [5, 5.41) is 23.2. The van der Waals surface area contributed by atoms with Crippen LogP contribution in [0, 0.1) is 11.3 Å². The van der Waals surface area contributed by atoms with Crippen LogP contribution in [0.3, 0.4) is 0 Å². The minimum atomic E-state index is -0.479. The maximum atomic E-state index is 11.9. The fourth-order valence-corrected chi connectivity index (χ4v) is 2.55. The first kappa shape index (κ1) is 19.6. The molecule has 0 unspecified atom stereocenters. The van der Waals surface area contributed by atoms with E-state index in [0.717, 1.165) is 0 Å². The van der Waals surface area contributed by atoms with Crippen molar-refractivity contribution >= 4 is 34.8 Å². The van der Waals surface area contributed by atoms with E-state index in [9.17, 15) is 9.90 Å². The predicted molar refractivity (Wildman–Crippen MR) is 99.7 cm³/mol.